The van der Waals surface area contributed by atoms with Crippen molar-refractivity contribution in [3.05, 3.63) is 69.9 Å². The van der Waals surface area contributed by atoms with Gasteiger partial charge in [-0.3, -0.25) is 0 Å². The van der Waals surface area contributed by atoms with Crippen molar-refractivity contribution >= 4 is 132 Å². The van der Waals surface area contributed by atoms with E-state index in [1.807, 2.05) is 36.4 Å². The third-order valence-corrected chi connectivity index (χ3v) is 3.58. The van der Waals surface area contributed by atoms with E-state index in [1.54, 1.807) is 19.2 Å². The SMILES string of the molecule is CNC1=Nc2ccc(Cl)cc2C(c2ccccc2)=[N+]([O-])C1.[KH].[KH]. The van der Waals surface area contributed by atoms with Crippen molar-refractivity contribution in [3.8, 4) is 0 Å². The minimum absolute atomic E-state index is 0. The molecule has 0 unspecified atom stereocenters. The molecule has 110 valence electrons. The molecule has 0 aromatic heterocycles. The topological polar surface area (TPSA) is 50.5 Å². The molecule has 0 spiro atoms. The number of nitrogens with one attached hydrogen (secondary N) is 1. The number of benzene rings is 2. The third kappa shape index (κ3) is 5.21. The van der Waals surface area contributed by atoms with Gasteiger partial charge in [0.1, 0.15) is 0 Å². The number of hydrogen-bond donors (Lipinski definition) is 1. The first-order chi connectivity index (χ1) is 10.2. The minimum atomic E-state index is 0. The van der Waals surface area contributed by atoms with Gasteiger partial charge in [-0.25, -0.2) is 4.99 Å². The molecule has 7 heteroatoms. The van der Waals surface area contributed by atoms with Gasteiger partial charge in [0.2, 0.25) is 12.3 Å². The van der Waals surface area contributed by atoms with Gasteiger partial charge in [-0.2, -0.15) is 4.74 Å². The van der Waals surface area contributed by atoms with Crippen LogP contribution in [-0.2, 0) is 0 Å². The maximum absolute atomic E-state index is 12.6. The zero-order valence-corrected chi connectivity index (χ0v) is 12.3. The fourth-order valence-electron chi connectivity index (χ4n) is 2.36. The normalized spacial score (nSPS) is 13.0. The monoisotopic (exact) mass is 379 g/mol. The van der Waals surface area contributed by atoms with Gasteiger partial charge < -0.3 is 10.5 Å². The molecule has 0 saturated heterocycles. The van der Waals surface area contributed by atoms with Crippen molar-refractivity contribution in [2.24, 2.45) is 4.99 Å². The molecule has 0 radical (unpaired) electrons. The molecule has 4 nitrogen and oxygen atoms in total. The molecule has 1 aliphatic rings. The average molecular weight is 380 g/mol. The molecule has 0 atom stereocenters. The van der Waals surface area contributed by atoms with Gasteiger partial charge in [0, 0.05) is 17.6 Å². The summed E-state index contributed by atoms with van der Waals surface area (Å²) in [5.74, 6) is 0.625. The molecule has 0 amide bonds. The molecule has 0 saturated carbocycles. The summed E-state index contributed by atoms with van der Waals surface area (Å²) in [6.07, 6.45) is 0. The van der Waals surface area contributed by atoms with Gasteiger partial charge in [-0.15, -0.1) is 0 Å². The molecule has 2 aromatic carbocycles. The number of likely N-dealkylation sites (N-methyl/N-ethyl adjacent to an activating group) is 1. The van der Waals surface area contributed by atoms with E-state index >= 15 is 0 Å². The number of hydrogen-bond acceptors (Lipinski definition) is 3. The molecule has 0 aliphatic carbocycles. The third-order valence-electron chi connectivity index (χ3n) is 3.35. The summed E-state index contributed by atoms with van der Waals surface area (Å²) >= 11 is 6.10. The van der Waals surface area contributed by atoms with Gasteiger partial charge >= 0.3 is 103 Å². The first-order valence-corrected chi connectivity index (χ1v) is 6.99. The van der Waals surface area contributed by atoms with Crippen LogP contribution in [0.25, 0.3) is 0 Å². The number of fused-ring (bicyclic) bond motifs is 1. The average Bonchev–Trinajstić information content (AvgIpc) is 2.63. The molecular formula is C16H16ClK2N3O. The van der Waals surface area contributed by atoms with E-state index in [0.717, 1.165) is 21.6 Å². The molecule has 23 heavy (non-hydrogen) atoms. The summed E-state index contributed by atoms with van der Waals surface area (Å²) in [5, 5.41) is 16.1. The Labute approximate surface area is 225 Å². The molecule has 1 heterocycles. The van der Waals surface area contributed by atoms with E-state index in [-0.39, 0.29) is 109 Å². The standard InChI is InChI=1S/C16H14ClN3O.2K.2H/c1-18-15-10-20(21)16(11-5-3-2-4-6-11)13-9-12(17)7-8-14(13)19-15;;;;/h2-9H,10H2,1H3,(H,18,19);;;;. The maximum atomic E-state index is 12.6. The van der Waals surface area contributed by atoms with E-state index in [4.69, 9.17) is 11.6 Å². The molecular weight excluding hydrogens is 364 g/mol. The predicted octanol–water partition coefficient (Wildman–Crippen LogP) is 1.65. The molecule has 0 bridgehead atoms. The Kier molecular flexibility index (Phi) is 9.73. The van der Waals surface area contributed by atoms with E-state index in [9.17, 15) is 5.21 Å². The Morgan fingerprint density at radius 1 is 1.13 bits per heavy atom. The number of nitrogens with zero attached hydrogens (tertiary/aromatic N) is 2. The Morgan fingerprint density at radius 2 is 1.83 bits per heavy atom. The molecule has 0 fully saturated rings. The summed E-state index contributed by atoms with van der Waals surface area (Å²) < 4.78 is 0.951. The Morgan fingerprint density at radius 3 is 2.48 bits per heavy atom. The Balaban J connectivity index is 0.00000132. The summed E-state index contributed by atoms with van der Waals surface area (Å²) in [5.41, 5.74) is 2.92. The van der Waals surface area contributed by atoms with Crippen molar-refractivity contribution in [2.45, 2.75) is 0 Å². The Bertz CT molecular complexity index is 748. The first kappa shape index (κ1) is 22.0. The second-order valence-electron chi connectivity index (χ2n) is 4.72. The number of aliphatic imine (C=N–C) groups is 1. The van der Waals surface area contributed by atoms with Crippen LogP contribution in [0.3, 0.4) is 0 Å². The van der Waals surface area contributed by atoms with Crippen molar-refractivity contribution in [1.29, 1.82) is 0 Å². The van der Waals surface area contributed by atoms with E-state index < -0.39 is 0 Å². The van der Waals surface area contributed by atoms with Crippen molar-refractivity contribution in [3.63, 3.8) is 0 Å². The van der Waals surface area contributed by atoms with Gasteiger partial charge in [0.15, 0.2) is 5.84 Å². The van der Waals surface area contributed by atoms with Crippen molar-refractivity contribution < 1.29 is 4.74 Å². The van der Waals surface area contributed by atoms with Crippen LogP contribution in [0.4, 0.5) is 5.69 Å². The van der Waals surface area contributed by atoms with Crippen LogP contribution >= 0.6 is 11.6 Å². The summed E-state index contributed by atoms with van der Waals surface area (Å²) in [4.78, 5) is 4.51. The first-order valence-electron chi connectivity index (χ1n) is 6.61. The Hall–Kier alpha value is 0.943. The number of rotatable bonds is 1. The van der Waals surface area contributed by atoms with Crippen LogP contribution in [-0.4, -0.2) is 133 Å². The van der Waals surface area contributed by atoms with Gasteiger partial charge in [-0.1, -0.05) is 29.8 Å². The van der Waals surface area contributed by atoms with Crippen LogP contribution < -0.4 is 5.32 Å². The van der Waals surface area contributed by atoms with Crippen LogP contribution in [0.2, 0.25) is 5.02 Å². The fraction of sp³-hybridized carbons (Fsp3) is 0.125. The van der Waals surface area contributed by atoms with Crippen molar-refractivity contribution in [1.82, 2.24) is 5.32 Å². The quantitative estimate of drug-likeness (QED) is 0.465. The van der Waals surface area contributed by atoms with Crippen LogP contribution in [0.1, 0.15) is 11.1 Å². The predicted molar refractivity (Wildman–Crippen MR) is 100 cm³/mol. The molecule has 1 N–H and O–H groups in total. The molecule has 1 aliphatic heterocycles. The summed E-state index contributed by atoms with van der Waals surface area (Å²) in [6, 6.07) is 15.0. The van der Waals surface area contributed by atoms with Crippen LogP contribution in [0, 0.1) is 5.21 Å². The molecule has 3 rings (SSSR count). The zero-order chi connectivity index (χ0) is 14.8. The van der Waals surface area contributed by atoms with E-state index in [0.29, 0.717) is 16.6 Å². The van der Waals surface area contributed by atoms with Crippen LogP contribution in [0.15, 0.2) is 53.5 Å². The fourth-order valence-corrected chi connectivity index (χ4v) is 2.53. The van der Waals surface area contributed by atoms with E-state index in [1.165, 1.54) is 0 Å². The second-order valence-corrected chi connectivity index (χ2v) is 5.16. The van der Waals surface area contributed by atoms with Gasteiger partial charge in [0.25, 0.3) is 0 Å². The van der Waals surface area contributed by atoms with E-state index in [2.05, 4.69) is 10.3 Å². The number of amidine groups is 1. The summed E-state index contributed by atoms with van der Waals surface area (Å²) in [7, 11) is 1.76. The number of halogens is 1. The van der Waals surface area contributed by atoms with Crippen molar-refractivity contribution in [2.75, 3.05) is 13.6 Å². The van der Waals surface area contributed by atoms with Crippen LogP contribution in [0.5, 0.6) is 0 Å². The molecule has 2 aromatic rings. The van der Waals surface area contributed by atoms with Gasteiger partial charge in [-0.05, 0) is 30.3 Å². The van der Waals surface area contributed by atoms with Gasteiger partial charge in [0.05, 0.1) is 11.3 Å². The summed E-state index contributed by atoms with van der Waals surface area (Å²) in [6.45, 7) is 0.174. The second kappa shape index (κ2) is 10.2. The number of hydroxylamine groups is 1. The zero-order valence-electron chi connectivity index (χ0n) is 11.5.